The number of likely N-dealkylation sites (tertiary alicyclic amines) is 1. The predicted molar refractivity (Wildman–Crippen MR) is 105 cm³/mol. The van der Waals surface area contributed by atoms with E-state index in [9.17, 15) is 4.79 Å². The Morgan fingerprint density at radius 2 is 2.04 bits per heavy atom. The third-order valence-corrected chi connectivity index (χ3v) is 4.35. The van der Waals surface area contributed by atoms with E-state index < -0.39 is 0 Å². The molecule has 2 N–H and O–H groups in total. The average Bonchev–Trinajstić information content (AvgIpc) is 2.87. The van der Waals surface area contributed by atoms with Gasteiger partial charge in [-0.1, -0.05) is 0 Å². The lowest BCUT2D eigenvalue weighted by molar-refractivity contribution is -0.121. The summed E-state index contributed by atoms with van der Waals surface area (Å²) < 4.78 is 5.58. The molecule has 2 heterocycles. The normalized spacial score (nSPS) is 15.8. The maximum atomic E-state index is 11.5. The molecule has 0 radical (unpaired) electrons. The van der Waals surface area contributed by atoms with Crippen LogP contribution < -0.4 is 10.6 Å². The van der Waals surface area contributed by atoms with Crippen LogP contribution in [0.25, 0.3) is 0 Å². The van der Waals surface area contributed by atoms with E-state index >= 15 is 0 Å². The number of hydrogen-bond donors (Lipinski definition) is 2. The Morgan fingerprint density at radius 1 is 1.38 bits per heavy atom. The van der Waals surface area contributed by atoms with Gasteiger partial charge < -0.3 is 20.0 Å². The van der Waals surface area contributed by atoms with Crippen LogP contribution in [-0.2, 0) is 11.3 Å². The highest BCUT2D eigenvalue weighted by Gasteiger charge is 2.23. The standard InChI is InChI=1S/C16H27N5O2.HI/c1-11-12(2)23-15(20-11)10-19-16(18-4)21-7-5-13(6-8-21)9-14(22)17-3;/h13H,5-10H2,1-4H3,(H,17,22)(H,18,19);1H. The number of oxazole rings is 1. The third-order valence-electron chi connectivity index (χ3n) is 4.35. The molecule has 1 amide bonds. The van der Waals surface area contributed by atoms with Crippen LogP contribution in [0.1, 0.15) is 36.6 Å². The van der Waals surface area contributed by atoms with E-state index in [1.807, 2.05) is 13.8 Å². The summed E-state index contributed by atoms with van der Waals surface area (Å²) in [5, 5.41) is 6.00. The summed E-state index contributed by atoms with van der Waals surface area (Å²) in [6, 6.07) is 0. The van der Waals surface area contributed by atoms with E-state index in [1.54, 1.807) is 14.1 Å². The summed E-state index contributed by atoms with van der Waals surface area (Å²) in [6.45, 7) is 6.20. The number of aliphatic imine (C=N–C) groups is 1. The summed E-state index contributed by atoms with van der Waals surface area (Å²) in [5.41, 5.74) is 0.923. The van der Waals surface area contributed by atoms with E-state index in [0.717, 1.165) is 43.3 Å². The van der Waals surface area contributed by atoms with Crippen molar-refractivity contribution < 1.29 is 9.21 Å². The zero-order valence-electron chi connectivity index (χ0n) is 14.9. The minimum Gasteiger partial charge on any atom is -0.444 e. The molecule has 0 atom stereocenters. The molecule has 1 aromatic heterocycles. The zero-order chi connectivity index (χ0) is 16.8. The van der Waals surface area contributed by atoms with Crippen LogP contribution >= 0.6 is 24.0 Å². The number of nitrogens with one attached hydrogen (secondary N) is 2. The first kappa shape index (κ1) is 20.7. The summed E-state index contributed by atoms with van der Waals surface area (Å²) in [7, 11) is 3.47. The van der Waals surface area contributed by atoms with Crippen molar-refractivity contribution in [2.75, 3.05) is 27.2 Å². The summed E-state index contributed by atoms with van der Waals surface area (Å²) in [4.78, 5) is 22.4. The fourth-order valence-corrected chi connectivity index (χ4v) is 2.81. The Bertz CT molecular complexity index is 545. The molecule has 0 aliphatic carbocycles. The number of carbonyl (C=O) groups excluding carboxylic acids is 1. The van der Waals surface area contributed by atoms with Crippen LogP contribution in [0.4, 0.5) is 0 Å². The number of piperidine rings is 1. The van der Waals surface area contributed by atoms with Gasteiger partial charge in [0.25, 0.3) is 0 Å². The van der Waals surface area contributed by atoms with Gasteiger partial charge in [-0.3, -0.25) is 9.79 Å². The van der Waals surface area contributed by atoms with Gasteiger partial charge in [-0.25, -0.2) is 4.98 Å². The van der Waals surface area contributed by atoms with Crippen LogP contribution in [0.2, 0.25) is 0 Å². The topological polar surface area (TPSA) is 82.8 Å². The molecule has 1 aromatic rings. The molecule has 24 heavy (non-hydrogen) atoms. The molecule has 7 nitrogen and oxygen atoms in total. The van der Waals surface area contributed by atoms with Crippen LogP contribution in [0.3, 0.4) is 0 Å². The van der Waals surface area contributed by atoms with Crippen molar-refractivity contribution in [1.29, 1.82) is 0 Å². The molecule has 1 fully saturated rings. The lowest BCUT2D eigenvalue weighted by Gasteiger charge is -2.33. The number of carbonyl (C=O) groups is 1. The first-order chi connectivity index (χ1) is 11.0. The molecule has 1 aliphatic rings. The van der Waals surface area contributed by atoms with Crippen LogP contribution in [0.5, 0.6) is 0 Å². The van der Waals surface area contributed by atoms with Crippen LogP contribution in [0, 0.1) is 19.8 Å². The van der Waals surface area contributed by atoms with Gasteiger partial charge in [0.05, 0.1) is 12.2 Å². The van der Waals surface area contributed by atoms with Crippen molar-refractivity contribution in [1.82, 2.24) is 20.5 Å². The highest BCUT2D eigenvalue weighted by molar-refractivity contribution is 14.0. The molecule has 136 valence electrons. The molecule has 1 aliphatic heterocycles. The monoisotopic (exact) mass is 449 g/mol. The Morgan fingerprint density at radius 3 is 2.54 bits per heavy atom. The minimum atomic E-state index is 0. The lowest BCUT2D eigenvalue weighted by Crippen LogP contribution is -2.45. The van der Waals surface area contributed by atoms with Crippen molar-refractivity contribution in [3.63, 3.8) is 0 Å². The van der Waals surface area contributed by atoms with Crippen molar-refractivity contribution >= 4 is 35.8 Å². The van der Waals surface area contributed by atoms with E-state index in [0.29, 0.717) is 24.8 Å². The molecular formula is C16H28IN5O2. The molecule has 2 rings (SSSR count). The minimum absolute atomic E-state index is 0. The maximum Gasteiger partial charge on any atom is 0.220 e. The van der Waals surface area contributed by atoms with Gasteiger partial charge in [-0.15, -0.1) is 24.0 Å². The van der Waals surface area contributed by atoms with E-state index in [2.05, 4.69) is 25.5 Å². The smallest absolute Gasteiger partial charge is 0.220 e. The number of rotatable bonds is 4. The number of aryl methyl sites for hydroxylation is 2. The fraction of sp³-hybridized carbons (Fsp3) is 0.688. The van der Waals surface area contributed by atoms with Gasteiger partial charge in [0.15, 0.2) is 5.96 Å². The molecule has 0 spiro atoms. The third kappa shape index (κ3) is 5.64. The summed E-state index contributed by atoms with van der Waals surface area (Å²) in [5.74, 6) is 2.97. The largest absolute Gasteiger partial charge is 0.444 e. The van der Waals surface area contributed by atoms with E-state index in [-0.39, 0.29) is 29.9 Å². The van der Waals surface area contributed by atoms with Crippen molar-refractivity contribution in [2.45, 2.75) is 39.7 Å². The number of nitrogens with zero attached hydrogens (tertiary/aromatic N) is 3. The molecule has 0 unspecified atom stereocenters. The second-order valence-corrected chi connectivity index (χ2v) is 5.96. The number of halogens is 1. The van der Waals surface area contributed by atoms with Gasteiger partial charge in [-0.2, -0.15) is 0 Å². The number of hydrogen-bond acceptors (Lipinski definition) is 4. The number of amides is 1. The highest BCUT2D eigenvalue weighted by Crippen LogP contribution is 2.20. The molecule has 0 bridgehead atoms. The predicted octanol–water partition coefficient (Wildman–Crippen LogP) is 1.83. The quantitative estimate of drug-likeness (QED) is 0.417. The summed E-state index contributed by atoms with van der Waals surface area (Å²) in [6.07, 6.45) is 2.63. The molecule has 0 aromatic carbocycles. The van der Waals surface area contributed by atoms with Gasteiger partial charge in [0.2, 0.25) is 11.8 Å². The second-order valence-electron chi connectivity index (χ2n) is 5.96. The second kappa shape index (κ2) is 9.85. The Kier molecular flexibility index (Phi) is 8.51. The van der Waals surface area contributed by atoms with Crippen molar-refractivity contribution in [3.05, 3.63) is 17.3 Å². The van der Waals surface area contributed by atoms with Crippen LogP contribution in [-0.4, -0.2) is 48.9 Å². The lowest BCUT2D eigenvalue weighted by atomic mass is 9.93. The van der Waals surface area contributed by atoms with Gasteiger partial charge in [0, 0.05) is 33.6 Å². The molecule has 8 heteroatoms. The van der Waals surface area contributed by atoms with E-state index in [4.69, 9.17) is 4.42 Å². The summed E-state index contributed by atoms with van der Waals surface area (Å²) >= 11 is 0. The molecule has 0 saturated carbocycles. The fourth-order valence-electron chi connectivity index (χ4n) is 2.81. The molecular weight excluding hydrogens is 421 g/mol. The first-order valence-corrected chi connectivity index (χ1v) is 8.12. The van der Waals surface area contributed by atoms with Crippen LogP contribution in [0.15, 0.2) is 9.41 Å². The van der Waals surface area contributed by atoms with Crippen molar-refractivity contribution in [2.24, 2.45) is 10.9 Å². The number of guanidine groups is 1. The van der Waals surface area contributed by atoms with Crippen molar-refractivity contribution in [3.8, 4) is 0 Å². The van der Waals surface area contributed by atoms with E-state index in [1.165, 1.54) is 0 Å². The maximum absolute atomic E-state index is 11.5. The highest BCUT2D eigenvalue weighted by atomic mass is 127. The Labute approximate surface area is 160 Å². The zero-order valence-corrected chi connectivity index (χ0v) is 17.2. The molecule has 1 saturated heterocycles. The number of aromatic nitrogens is 1. The van der Waals surface area contributed by atoms with Gasteiger partial charge >= 0.3 is 0 Å². The first-order valence-electron chi connectivity index (χ1n) is 8.12. The van der Waals surface area contributed by atoms with Gasteiger partial charge in [0.1, 0.15) is 5.76 Å². The SMILES string of the molecule is CN=C(NCc1nc(C)c(C)o1)N1CCC(CC(=O)NC)CC1.I. The average molecular weight is 449 g/mol. The van der Waals surface area contributed by atoms with Gasteiger partial charge in [-0.05, 0) is 32.6 Å². The Hall–Kier alpha value is -1.32. The Balaban J connectivity index is 0.00000288.